The molecule has 0 radical (unpaired) electrons. The van der Waals surface area contributed by atoms with Crippen molar-refractivity contribution in [1.29, 1.82) is 0 Å². The second-order valence-electron chi connectivity index (χ2n) is 4.40. The van der Waals surface area contributed by atoms with Gasteiger partial charge in [-0.25, -0.2) is 4.79 Å². The molecule has 2 heterocycles. The van der Waals surface area contributed by atoms with Crippen LogP contribution in [0.2, 0.25) is 0 Å². The standard InChI is InChI=1S/C14H13N3O4/c1-19-9-13-15-17(14(18)20-13)8-11-7-12(21-16-11)10-5-3-2-4-6-10/h2-7H,8-9H2,1H3. The van der Waals surface area contributed by atoms with Gasteiger partial charge in [-0.2, -0.15) is 4.68 Å². The fourth-order valence-electron chi connectivity index (χ4n) is 1.91. The average Bonchev–Trinajstić information content (AvgIpc) is 3.09. The number of aromatic nitrogens is 3. The minimum Gasteiger partial charge on any atom is -0.390 e. The van der Waals surface area contributed by atoms with E-state index >= 15 is 0 Å². The fraction of sp³-hybridized carbons (Fsp3) is 0.214. The number of benzene rings is 1. The lowest BCUT2D eigenvalue weighted by Crippen LogP contribution is -2.16. The van der Waals surface area contributed by atoms with E-state index < -0.39 is 5.76 Å². The van der Waals surface area contributed by atoms with Crippen molar-refractivity contribution in [2.24, 2.45) is 0 Å². The van der Waals surface area contributed by atoms with Crippen LogP contribution in [0, 0.1) is 0 Å². The second-order valence-corrected chi connectivity index (χ2v) is 4.40. The molecule has 0 spiro atoms. The summed E-state index contributed by atoms with van der Waals surface area (Å²) in [4.78, 5) is 11.6. The fourth-order valence-corrected chi connectivity index (χ4v) is 1.91. The van der Waals surface area contributed by atoms with Crippen molar-refractivity contribution in [2.45, 2.75) is 13.2 Å². The molecule has 0 N–H and O–H groups in total. The van der Waals surface area contributed by atoms with Gasteiger partial charge in [0.05, 0.1) is 6.54 Å². The number of rotatable bonds is 5. The SMILES string of the molecule is COCc1nn(Cc2cc(-c3ccccc3)on2)c(=O)o1. The van der Waals surface area contributed by atoms with Gasteiger partial charge in [-0.05, 0) is 0 Å². The molecule has 0 bridgehead atoms. The third-order valence-electron chi connectivity index (χ3n) is 2.84. The number of hydrogen-bond donors (Lipinski definition) is 0. The summed E-state index contributed by atoms with van der Waals surface area (Å²) in [7, 11) is 1.50. The van der Waals surface area contributed by atoms with E-state index in [0.717, 1.165) is 5.56 Å². The summed E-state index contributed by atoms with van der Waals surface area (Å²) in [5.74, 6) is 0.319. The molecule has 0 aliphatic heterocycles. The molecule has 0 saturated heterocycles. The Morgan fingerprint density at radius 3 is 2.86 bits per heavy atom. The van der Waals surface area contributed by atoms with E-state index in [9.17, 15) is 4.79 Å². The van der Waals surface area contributed by atoms with Crippen LogP contribution < -0.4 is 5.76 Å². The van der Waals surface area contributed by atoms with Crippen molar-refractivity contribution in [1.82, 2.24) is 14.9 Å². The maximum atomic E-state index is 11.6. The first kappa shape index (κ1) is 13.3. The Morgan fingerprint density at radius 1 is 1.29 bits per heavy atom. The van der Waals surface area contributed by atoms with Gasteiger partial charge in [-0.3, -0.25) is 0 Å². The maximum absolute atomic E-state index is 11.6. The van der Waals surface area contributed by atoms with Crippen molar-refractivity contribution in [3.05, 3.63) is 58.5 Å². The van der Waals surface area contributed by atoms with Gasteiger partial charge in [-0.15, -0.1) is 5.10 Å². The van der Waals surface area contributed by atoms with Gasteiger partial charge in [0.25, 0.3) is 0 Å². The van der Waals surface area contributed by atoms with E-state index in [4.69, 9.17) is 13.7 Å². The minimum absolute atomic E-state index is 0.149. The zero-order valence-electron chi connectivity index (χ0n) is 11.4. The van der Waals surface area contributed by atoms with Crippen LogP contribution in [0.3, 0.4) is 0 Å². The summed E-state index contributed by atoms with van der Waals surface area (Å²) in [5.41, 5.74) is 1.51. The summed E-state index contributed by atoms with van der Waals surface area (Å²) in [6.07, 6.45) is 0. The number of methoxy groups -OCH3 is 1. The highest BCUT2D eigenvalue weighted by atomic mass is 16.5. The van der Waals surface area contributed by atoms with E-state index in [1.807, 2.05) is 30.3 Å². The summed E-state index contributed by atoms with van der Waals surface area (Å²) in [5, 5.41) is 7.94. The monoisotopic (exact) mass is 287 g/mol. The van der Waals surface area contributed by atoms with Crippen LogP contribution in [0.15, 0.2) is 50.1 Å². The van der Waals surface area contributed by atoms with E-state index in [1.165, 1.54) is 11.8 Å². The van der Waals surface area contributed by atoms with Crippen LogP contribution >= 0.6 is 0 Å². The molecule has 0 fully saturated rings. The van der Waals surface area contributed by atoms with Gasteiger partial charge >= 0.3 is 5.76 Å². The number of hydrogen-bond acceptors (Lipinski definition) is 6. The molecule has 1 aromatic carbocycles. The highest BCUT2D eigenvalue weighted by Gasteiger charge is 2.12. The van der Waals surface area contributed by atoms with Crippen LogP contribution in [0.1, 0.15) is 11.6 Å². The maximum Gasteiger partial charge on any atom is 0.437 e. The van der Waals surface area contributed by atoms with Crippen LogP contribution in [0.4, 0.5) is 0 Å². The van der Waals surface area contributed by atoms with Gasteiger partial charge in [0, 0.05) is 18.7 Å². The molecule has 0 unspecified atom stereocenters. The summed E-state index contributed by atoms with van der Waals surface area (Å²) in [6, 6.07) is 11.4. The normalized spacial score (nSPS) is 10.9. The first-order valence-electron chi connectivity index (χ1n) is 6.33. The van der Waals surface area contributed by atoms with Crippen LogP contribution in [-0.2, 0) is 17.9 Å². The van der Waals surface area contributed by atoms with Crippen molar-refractivity contribution in [2.75, 3.05) is 7.11 Å². The molecule has 3 rings (SSSR count). The molecule has 7 heteroatoms. The first-order chi connectivity index (χ1) is 10.3. The minimum atomic E-state index is -0.550. The second kappa shape index (κ2) is 5.76. The molecule has 7 nitrogen and oxygen atoms in total. The highest BCUT2D eigenvalue weighted by molar-refractivity contribution is 5.56. The average molecular weight is 287 g/mol. The predicted molar refractivity (Wildman–Crippen MR) is 72.5 cm³/mol. The summed E-state index contributed by atoms with van der Waals surface area (Å²) in [6.45, 7) is 0.332. The number of nitrogens with zero attached hydrogens (tertiary/aromatic N) is 3. The molecule has 108 valence electrons. The Kier molecular flexibility index (Phi) is 3.65. The third-order valence-corrected chi connectivity index (χ3v) is 2.84. The highest BCUT2D eigenvalue weighted by Crippen LogP contribution is 2.19. The lowest BCUT2D eigenvalue weighted by molar-refractivity contribution is 0.158. The molecule has 0 aliphatic rings. The molecular formula is C14H13N3O4. The topological polar surface area (TPSA) is 83.3 Å². The van der Waals surface area contributed by atoms with Crippen molar-refractivity contribution < 1.29 is 13.7 Å². The molecule has 0 atom stereocenters. The van der Waals surface area contributed by atoms with Gasteiger partial charge in [0.15, 0.2) is 5.76 Å². The van der Waals surface area contributed by atoms with Crippen LogP contribution in [0.5, 0.6) is 0 Å². The molecule has 21 heavy (non-hydrogen) atoms. The predicted octanol–water partition coefficient (Wildman–Crippen LogP) is 1.69. The Morgan fingerprint density at radius 2 is 2.10 bits per heavy atom. The molecule has 0 aliphatic carbocycles. The quantitative estimate of drug-likeness (QED) is 0.710. The Hall–Kier alpha value is -2.67. The molecule has 0 amide bonds. The molecular weight excluding hydrogens is 274 g/mol. The van der Waals surface area contributed by atoms with Crippen LogP contribution in [0.25, 0.3) is 11.3 Å². The summed E-state index contributed by atoms with van der Waals surface area (Å²) >= 11 is 0. The van der Waals surface area contributed by atoms with Gasteiger partial charge in [0.2, 0.25) is 5.89 Å². The molecule has 3 aromatic rings. The Balaban J connectivity index is 1.80. The van der Waals surface area contributed by atoms with Crippen molar-refractivity contribution in [3.63, 3.8) is 0 Å². The van der Waals surface area contributed by atoms with E-state index in [1.54, 1.807) is 6.07 Å². The largest absolute Gasteiger partial charge is 0.437 e. The van der Waals surface area contributed by atoms with Crippen molar-refractivity contribution >= 4 is 0 Å². The van der Waals surface area contributed by atoms with E-state index in [2.05, 4.69) is 10.3 Å². The van der Waals surface area contributed by atoms with Crippen LogP contribution in [-0.4, -0.2) is 22.0 Å². The lowest BCUT2D eigenvalue weighted by Gasteiger charge is -1.92. The van der Waals surface area contributed by atoms with E-state index in [-0.39, 0.29) is 19.0 Å². The van der Waals surface area contributed by atoms with Gasteiger partial charge in [-0.1, -0.05) is 35.5 Å². The van der Waals surface area contributed by atoms with Gasteiger partial charge < -0.3 is 13.7 Å². The third kappa shape index (κ3) is 2.92. The van der Waals surface area contributed by atoms with Gasteiger partial charge in [0.1, 0.15) is 12.3 Å². The Bertz CT molecular complexity index is 773. The zero-order chi connectivity index (χ0) is 14.7. The zero-order valence-corrected chi connectivity index (χ0v) is 11.4. The number of ether oxygens (including phenoxy) is 1. The van der Waals surface area contributed by atoms with Crippen molar-refractivity contribution in [3.8, 4) is 11.3 Å². The molecule has 2 aromatic heterocycles. The first-order valence-corrected chi connectivity index (χ1v) is 6.33. The Labute approximate surface area is 119 Å². The lowest BCUT2D eigenvalue weighted by atomic mass is 10.2. The molecule has 0 saturated carbocycles. The smallest absolute Gasteiger partial charge is 0.390 e. The summed E-state index contributed by atoms with van der Waals surface area (Å²) < 4.78 is 16.2. The van der Waals surface area contributed by atoms with E-state index in [0.29, 0.717) is 11.5 Å².